The molecule has 42 heavy (non-hydrogen) atoms. The van der Waals surface area contributed by atoms with E-state index in [0.29, 0.717) is 16.3 Å². The number of rotatable bonds is 6. The molecule has 3 amide bonds. The van der Waals surface area contributed by atoms with Crippen LogP contribution >= 0.6 is 11.6 Å². The van der Waals surface area contributed by atoms with E-state index in [1.807, 2.05) is 48.5 Å². The zero-order valence-corrected chi connectivity index (χ0v) is 23.3. The van der Waals surface area contributed by atoms with Crippen LogP contribution in [0.1, 0.15) is 54.8 Å². The highest BCUT2D eigenvalue weighted by molar-refractivity contribution is 6.30. The second-order valence-corrected chi connectivity index (χ2v) is 11.2. The summed E-state index contributed by atoms with van der Waals surface area (Å²) in [5.41, 5.74) is 4.62. The van der Waals surface area contributed by atoms with Crippen LogP contribution in [-0.2, 0) is 9.59 Å². The van der Waals surface area contributed by atoms with Gasteiger partial charge in [0.25, 0.3) is 17.7 Å². The van der Waals surface area contributed by atoms with Gasteiger partial charge >= 0.3 is 0 Å². The maximum Gasteiger partial charge on any atom is 0.273 e. The first kappa shape index (κ1) is 26.2. The molecule has 0 saturated carbocycles. The maximum absolute atomic E-state index is 14.4. The number of hydrogen-bond donors (Lipinski definition) is 0. The Bertz CT molecular complexity index is 1650. The zero-order valence-electron chi connectivity index (χ0n) is 22.6. The van der Waals surface area contributed by atoms with Gasteiger partial charge in [0.05, 0.1) is 18.9 Å². The summed E-state index contributed by atoms with van der Waals surface area (Å²) in [6.07, 6.45) is 0. The smallest absolute Gasteiger partial charge is 0.273 e. The fourth-order valence-electron chi connectivity index (χ4n) is 6.88. The van der Waals surface area contributed by atoms with Crippen LogP contribution in [-0.4, -0.2) is 47.2 Å². The molecule has 4 aromatic carbocycles. The van der Waals surface area contributed by atoms with E-state index in [9.17, 15) is 19.2 Å². The average Bonchev–Trinajstić information content (AvgIpc) is 3.29. The second kappa shape index (κ2) is 9.96. The second-order valence-electron chi connectivity index (χ2n) is 10.8. The van der Waals surface area contributed by atoms with Crippen molar-refractivity contribution >= 4 is 35.1 Å². The average molecular weight is 577 g/mol. The van der Waals surface area contributed by atoms with Crippen molar-refractivity contribution in [2.24, 2.45) is 11.8 Å². The Morgan fingerprint density at radius 3 is 1.62 bits per heavy atom. The molecule has 1 heterocycles. The van der Waals surface area contributed by atoms with Crippen molar-refractivity contribution in [2.45, 2.75) is 11.8 Å². The normalized spacial score (nSPS) is 21.4. The number of Topliss-reactive ketones (excluding diaryl/α,β-unsaturated/α-hetero) is 1. The minimum Gasteiger partial charge on any atom is -0.497 e. The summed E-state index contributed by atoms with van der Waals surface area (Å²) < 4.78 is 5.19. The van der Waals surface area contributed by atoms with Gasteiger partial charge < -0.3 is 4.74 Å². The monoisotopic (exact) mass is 576 g/mol. The predicted molar refractivity (Wildman–Crippen MR) is 155 cm³/mol. The number of carbonyl (C=O) groups is 4. The topological polar surface area (TPSA) is 84.0 Å². The van der Waals surface area contributed by atoms with E-state index in [1.54, 1.807) is 36.4 Å². The molecule has 8 heteroatoms. The lowest BCUT2D eigenvalue weighted by Gasteiger charge is -2.45. The molecule has 0 radical (unpaired) electrons. The van der Waals surface area contributed by atoms with Crippen LogP contribution in [0.4, 0.5) is 0 Å². The number of amides is 3. The molecule has 0 aromatic heterocycles. The van der Waals surface area contributed by atoms with Crippen molar-refractivity contribution in [1.82, 2.24) is 10.0 Å². The fourth-order valence-corrected chi connectivity index (χ4v) is 7.00. The van der Waals surface area contributed by atoms with Gasteiger partial charge in [0, 0.05) is 28.0 Å². The van der Waals surface area contributed by atoms with Crippen molar-refractivity contribution in [3.63, 3.8) is 0 Å². The number of ketones is 1. The molecule has 1 fully saturated rings. The van der Waals surface area contributed by atoms with E-state index < -0.39 is 41.9 Å². The molecule has 1 saturated heterocycles. The molecular weight excluding hydrogens is 552 g/mol. The van der Waals surface area contributed by atoms with Crippen LogP contribution in [0.25, 0.3) is 0 Å². The summed E-state index contributed by atoms with van der Waals surface area (Å²) in [5, 5.41) is 2.37. The first-order valence-corrected chi connectivity index (χ1v) is 14.1. The molecule has 0 N–H and O–H groups in total. The first-order valence-electron chi connectivity index (χ1n) is 13.7. The molecule has 7 nitrogen and oxygen atoms in total. The predicted octanol–water partition coefficient (Wildman–Crippen LogP) is 5.48. The summed E-state index contributed by atoms with van der Waals surface area (Å²) in [7, 11) is 1.52. The third-order valence-corrected chi connectivity index (χ3v) is 8.95. The molecular formula is C34H25ClN2O5. The lowest BCUT2D eigenvalue weighted by Crippen LogP contribution is -2.52. The van der Waals surface area contributed by atoms with E-state index in [0.717, 1.165) is 32.3 Å². The molecule has 2 bridgehead atoms. The van der Waals surface area contributed by atoms with E-state index in [-0.39, 0.29) is 17.4 Å². The van der Waals surface area contributed by atoms with Gasteiger partial charge in [0.1, 0.15) is 12.3 Å². The quantitative estimate of drug-likeness (QED) is 0.224. The van der Waals surface area contributed by atoms with Gasteiger partial charge in [-0.1, -0.05) is 60.1 Å². The lowest BCUT2D eigenvalue weighted by molar-refractivity contribution is -0.154. The van der Waals surface area contributed by atoms with Gasteiger partial charge in [0.2, 0.25) is 0 Å². The molecule has 8 rings (SSSR count). The van der Waals surface area contributed by atoms with Crippen LogP contribution in [0.3, 0.4) is 0 Å². The highest BCUT2D eigenvalue weighted by atomic mass is 35.5. The maximum atomic E-state index is 14.4. The summed E-state index contributed by atoms with van der Waals surface area (Å²) >= 11 is 6.06. The minimum absolute atomic E-state index is 0.201. The van der Waals surface area contributed by atoms with Crippen LogP contribution < -0.4 is 4.74 Å². The number of hydrogen-bond acceptors (Lipinski definition) is 5. The summed E-state index contributed by atoms with van der Waals surface area (Å²) in [4.78, 5) is 56.2. The number of ether oxygens (including phenoxy) is 1. The van der Waals surface area contributed by atoms with Gasteiger partial charge in [-0.2, -0.15) is 5.01 Å². The molecule has 2 atom stereocenters. The van der Waals surface area contributed by atoms with Crippen LogP contribution in [0.15, 0.2) is 97.1 Å². The largest absolute Gasteiger partial charge is 0.497 e. The van der Waals surface area contributed by atoms with Gasteiger partial charge in [-0.3, -0.25) is 19.2 Å². The van der Waals surface area contributed by atoms with Crippen molar-refractivity contribution in [3.05, 3.63) is 135 Å². The summed E-state index contributed by atoms with van der Waals surface area (Å²) in [6, 6.07) is 28.5. The highest BCUT2D eigenvalue weighted by Crippen LogP contribution is 2.61. The van der Waals surface area contributed by atoms with Crippen LogP contribution in [0.5, 0.6) is 5.75 Å². The van der Waals surface area contributed by atoms with Gasteiger partial charge in [-0.15, -0.1) is 0 Å². The van der Waals surface area contributed by atoms with E-state index in [4.69, 9.17) is 16.3 Å². The van der Waals surface area contributed by atoms with Crippen LogP contribution in [0, 0.1) is 11.8 Å². The number of methoxy groups -OCH3 is 1. The number of halogens is 1. The summed E-state index contributed by atoms with van der Waals surface area (Å²) in [5.74, 6) is -3.50. The molecule has 0 spiro atoms. The Hall–Kier alpha value is -4.75. The van der Waals surface area contributed by atoms with Gasteiger partial charge in [-0.25, -0.2) is 5.01 Å². The lowest BCUT2D eigenvalue weighted by atomic mass is 9.55. The molecule has 208 valence electrons. The Balaban J connectivity index is 1.31. The Morgan fingerprint density at radius 2 is 1.17 bits per heavy atom. The Labute approximate surface area is 247 Å². The molecule has 4 aliphatic rings. The summed E-state index contributed by atoms with van der Waals surface area (Å²) in [6.45, 7) is -0.500. The van der Waals surface area contributed by atoms with Crippen LogP contribution in [0.2, 0.25) is 5.02 Å². The van der Waals surface area contributed by atoms with Gasteiger partial charge in [0.15, 0.2) is 5.78 Å². The van der Waals surface area contributed by atoms with Crippen molar-refractivity contribution in [1.29, 1.82) is 0 Å². The van der Waals surface area contributed by atoms with E-state index >= 15 is 0 Å². The number of benzene rings is 4. The molecule has 0 unspecified atom stereocenters. The van der Waals surface area contributed by atoms with Crippen molar-refractivity contribution in [3.8, 4) is 5.75 Å². The van der Waals surface area contributed by atoms with E-state index in [1.165, 1.54) is 19.2 Å². The number of carbonyl (C=O) groups excluding carboxylic acids is 4. The Morgan fingerprint density at radius 1 is 0.714 bits per heavy atom. The SMILES string of the molecule is COc1ccc(C(=O)CN(C(=O)c2ccc(Cl)cc2)N2C(=O)[C@@H]3C4c5ccccc5C(c5ccccc54)[C@H]3C2=O)cc1. The highest BCUT2D eigenvalue weighted by Gasteiger charge is 2.63. The molecule has 1 aliphatic heterocycles. The standard InChI is InChI=1S/C34H25ClN2O5/c1-42-22-16-12-19(13-17-22)27(38)18-36(32(39)20-10-14-21(35)15-11-20)37-33(40)30-28-23-6-2-3-7-24(23)29(31(30)34(37)41)26-9-5-4-8-25(26)28/h2-17,28-31H,18H2,1H3/t28?,29?,30-,31-/m1/s1. The number of imide groups is 1. The van der Waals surface area contributed by atoms with Crippen molar-refractivity contribution < 1.29 is 23.9 Å². The minimum atomic E-state index is -0.691. The third kappa shape index (κ3) is 3.88. The van der Waals surface area contributed by atoms with Crippen molar-refractivity contribution in [2.75, 3.05) is 13.7 Å². The van der Waals surface area contributed by atoms with Gasteiger partial charge in [-0.05, 0) is 70.8 Å². The zero-order chi connectivity index (χ0) is 29.1. The third-order valence-electron chi connectivity index (χ3n) is 8.70. The number of nitrogens with zero attached hydrogens (tertiary/aromatic N) is 2. The molecule has 4 aromatic rings. The number of hydrazine groups is 1. The molecule has 3 aliphatic carbocycles. The fraction of sp³-hybridized carbons (Fsp3) is 0.176. The Kier molecular flexibility index (Phi) is 6.21. The van der Waals surface area contributed by atoms with E-state index in [2.05, 4.69) is 0 Å². The first-order chi connectivity index (χ1) is 20.4.